The van der Waals surface area contributed by atoms with E-state index in [0.717, 1.165) is 13.0 Å². The van der Waals surface area contributed by atoms with Crippen molar-refractivity contribution in [2.24, 2.45) is 5.73 Å². The normalized spacial score (nSPS) is 24.5. The van der Waals surface area contributed by atoms with E-state index < -0.39 is 0 Å². The number of nitrogens with zero attached hydrogens (tertiary/aromatic N) is 1. The Labute approximate surface area is 89.5 Å². The number of hydrogen-bond donors (Lipinski definition) is 2. The Morgan fingerprint density at radius 1 is 1.67 bits per heavy atom. The molecule has 82 valence electrons. The van der Waals surface area contributed by atoms with Crippen LogP contribution in [0.4, 0.5) is 0 Å². The van der Waals surface area contributed by atoms with Crippen molar-refractivity contribution in [2.75, 3.05) is 6.54 Å². The van der Waals surface area contributed by atoms with Crippen LogP contribution in [-0.4, -0.2) is 33.9 Å². The van der Waals surface area contributed by atoms with Crippen LogP contribution in [0.2, 0.25) is 0 Å². The van der Waals surface area contributed by atoms with Gasteiger partial charge in [0.15, 0.2) is 0 Å². The van der Waals surface area contributed by atoms with Gasteiger partial charge < -0.3 is 15.6 Å². The first-order valence-electron chi connectivity index (χ1n) is 5.24. The summed E-state index contributed by atoms with van der Waals surface area (Å²) in [7, 11) is 0. The highest BCUT2D eigenvalue weighted by Gasteiger charge is 2.41. The first kappa shape index (κ1) is 10.2. The summed E-state index contributed by atoms with van der Waals surface area (Å²) in [6.07, 6.45) is 4.36. The van der Waals surface area contributed by atoms with Crippen molar-refractivity contribution in [2.45, 2.75) is 31.8 Å². The second-order valence-electron chi connectivity index (χ2n) is 4.61. The molecular formula is C11H17N3O. The van der Waals surface area contributed by atoms with Crippen LogP contribution < -0.4 is 5.73 Å². The van der Waals surface area contributed by atoms with Gasteiger partial charge in [0, 0.05) is 25.0 Å². The summed E-state index contributed by atoms with van der Waals surface area (Å²) in [6, 6.07) is 1.86. The van der Waals surface area contributed by atoms with Crippen LogP contribution in [0.15, 0.2) is 18.5 Å². The van der Waals surface area contributed by atoms with E-state index in [2.05, 4.69) is 4.98 Å². The number of nitrogens with one attached hydrogen (secondary N) is 1. The van der Waals surface area contributed by atoms with Gasteiger partial charge in [-0.25, -0.2) is 0 Å². The summed E-state index contributed by atoms with van der Waals surface area (Å²) < 4.78 is 0. The van der Waals surface area contributed by atoms with Crippen molar-refractivity contribution < 1.29 is 4.79 Å². The van der Waals surface area contributed by atoms with Gasteiger partial charge in [-0.1, -0.05) is 0 Å². The molecule has 1 aromatic heterocycles. The van der Waals surface area contributed by atoms with E-state index in [4.69, 9.17) is 5.73 Å². The van der Waals surface area contributed by atoms with Crippen molar-refractivity contribution in [1.82, 2.24) is 9.88 Å². The quantitative estimate of drug-likeness (QED) is 0.720. The minimum Gasteiger partial charge on any atom is -0.367 e. The van der Waals surface area contributed by atoms with Gasteiger partial charge in [0.25, 0.3) is 5.91 Å². The third-order valence-corrected chi connectivity index (χ3v) is 3.36. The van der Waals surface area contributed by atoms with Crippen LogP contribution >= 0.6 is 0 Å². The van der Waals surface area contributed by atoms with E-state index >= 15 is 0 Å². The second kappa shape index (κ2) is 3.38. The van der Waals surface area contributed by atoms with Crippen LogP contribution in [0.1, 0.15) is 30.6 Å². The van der Waals surface area contributed by atoms with E-state index in [-0.39, 0.29) is 17.5 Å². The molecule has 0 saturated carbocycles. The fourth-order valence-corrected chi connectivity index (χ4v) is 2.09. The summed E-state index contributed by atoms with van der Waals surface area (Å²) in [6.45, 7) is 4.79. The van der Waals surface area contributed by atoms with E-state index in [1.165, 1.54) is 0 Å². The molecule has 0 spiro atoms. The molecule has 0 radical (unpaired) electrons. The highest BCUT2D eigenvalue weighted by Crippen LogP contribution is 2.28. The number of aromatic nitrogens is 1. The molecule has 1 fully saturated rings. The fraction of sp³-hybridized carbons (Fsp3) is 0.545. The zero-order chi connectivity index (χ0) is 11.1. The lowest BCUT2D eigenvalue weighted by Crippen LogP contribution is -2.51. The summed E-state index contributed by atoms with van der Waals surface area (Å²) >= 11 is 0. The number of nitrogens with two attached hydrogens (primary N) is 1. The van der Waals surface area contributed by atoms with Crippen molar-refractivity contribution in [3.8, 4) is 0 Å². The topological polar surface area (TPSA) is 62.1 Å². The van der Waals surface area contributed by atoms with E-state index in [9.17, 15) is 4.79 Å². The summed E-state index contributed by atoms with van der Waals surface area (Å²) in [5.74, 6) is 0.0641. The molecule has 1 aliphatic rings. The van der Waals surface area contributed by atoms with Crippen molar-refractivity contribution in [3.63, 3.8) is 0 Å². The SMILES string of the molecule is CC1(C)C(N)CCN1C(=O)c1cc[nH]c1. The largest absolute Gasteiger partial charge is 0.367 e. The van der Waals surface area contributed by atoms with Gasteiger partial charge in [-0.3, -0.25) is 4.79 Å². The van der Waals surface area contributed by atoms with Crippen LogP contribution in [0.3, 0.4) is 0 Å². The smallest absolute Gasteiger partial charge is 0.255 e. The Morgan fingerprint density at radius 2 is 2.40 bits per heavy atom. The molecule has 4 nitrogen and oxygen atoms in total. The van der Waals surface area contributed by atoms with Crippen LogP contribution in [0.25, 0.3) is 0 Å². The molecule has 1 saturated heterocycles. The lowest BCUT2D eigenvalue weighted by Gasteiger charge is -2.34. The van der Waals surface area contributed by atoms with E-state index in [1.807, 2.05) is 18.7 Å². The Bertz CT molecular complexity index is 356. The Hall–Kier alpha value is -1.29. The standard InChI is InChI=1S/C11H17N3O/c1-11(2)9(12)4-6-14(11)10(15)8-3-5-13-7-8/h3,5,7,9,13H,4,6,12H2,1-2H3. The predicted octanol–water partition coefficient (Wildman–Crippen LogP) is 0.966. The number of H-pyrrole nitrogens is 1. The second-order valence-corrected chi connectivity index (χ2v) is 4.61. The van der Waals surface area contributed by atoms with Crippen molar-refractivity contribution in [3.05, 3.63) is 24.0 Å². The van der Waals surface area contributed by atoms with Gasteiger partial charge in [0.2, 0.25) is 0 Å². The molecule has 2 rings (SSSR count). The molecule has 1 amide bonds. The minimum absolute atomic E-state index is 0.0641. The zero-order valence-electron chi connectivity index (χ0n) is 9.16. The Balaban J connectivity index is 2.22. The lowest BCUT2D eigenvalue weighted by atomic mass is 9.96. The van der Waals surface area contributed by atoms with Gasteiger partial charge in [-0.2, -0.15) is 0 Å². The van der Waals surface area contributed by atoms with Crippen molar-refractivity contribution in [1.29, 1.82) is 0 Å². The maximum Gasteiger partial charge on any atom is 0.255 e. The molecule has 15 heavy (non-hydrogen) atoms. The number of hydrogen-bond acceptors (Lipinski definition) is 2. The highest BCUT2D eigenvalue weighted by atomic mass is 16.2. The third-order valence-electron chi connectivity index (χ3n) is 3.36. The van der Waals surface area contributed by atoms with Gasteiger partial charge in [-0.15, -0.1) is 0 Å². The maximum atomic E-state index is 12.1. The molecule has 0 bridgehead atoms. The van der Waals surface area contributed by atoms with Gasteiger partial charge in [0.1, 0.15) is 0 Å². The van der Waals surface area contributed by atoms with Crippen LogP contribution in [-0.2, 0) is 0 Å². The molecule has 0 aromatic carbocycles. The number of rotatable bonds is 1. The average Bonchev–Trinajstić information content (AvgIpc) is 2.76. The maximum absolute atomic E-state index is 12.1. The summed E-state index contributed by atoms with van der Waals surface area (Å²) in [4.78, 5) is 16.9. The fourth-order valence-electron chi connectivity index (χ4n) is 2.09. The molecule has 2 heterocycles. The number of amides is 1. The number of likely N-dealkylation sites (tertiary alicyclic amines) is 1. The molecule has 4 heteroatoms. The molecule has 1 atom stereocenters. The number of carbonyl (C=O) groups is 1. The number of aromatic amines is 1. The average molecular weight is 207 g/mol. The van der Waals surface area contributed by atoms with Gasteiger partial charge in [0.05, 0.1) is 11.1 Å². The van der Waals surface area contributed by atoms with Gasteiger partial charge >= 0.3 is 0 Å². The molecule has 0 aliphatic carbocycles. The summed E-state index contributed by atoms with van der Waals surface area (Å²) in [5.41, 5.74) is 6.46. The molecular weight excluding hydrogens is 190 g/mol. The molecule has 3 N–H and O–H groups in total. The zero-order valence-corrected chi connectivity index (χ0v) is 9.16. The predicted molar refractivity (Wildman–Crippen MR) is 58.5 cm³/mol. The molecule has 1 unspecified atom stereocenters. The van der Waals surface area contributed by atoms with E-state index in [0.29, 0.717) is 5.56 Å². The minimum atomic E-state index is -0.242. The first-order valence-corrected chi connectivity index (χ1v) is 5.24. The van der Waals surface area contributed by atoms with Gasteiger partial charge in [-0.05, 0) is 26.3 Å². The monoisotopic (exact) mass is 207 g/mol. The van der Waals surface area contributed by atoms with E-state index in [1.54, 1.807) is 18.5 Å². The molecule has 1 aliphatic heterocycles. The first-order chi connectivity index (χ1) is 7.03. The lowest BCUT2D eigenvalue weighted by molar-refractivity contribution is 0.0637. The molecule has 1 aromatic rings. The number of carbonyl (C=O) groups excluding carboxylic acids is 1. The third kappa shape index (κ3) is 1.55. The van der Waals surface area contributed by atoms with Crippen LogP contribution in [0, 0.1) is 0 Å². The Kier molecular flexibility index (Phi) is 2.31. The van der Waals surface area contributed by atoms with Crippen LogP contribution in [0.5, 0.6) is 0 Å². The summed E-state index contributed by atoms with van der Waals surface area (Å²) in [5, 5.41) is 0. The highest BCUT2D eigenvalue weighted by molar-refractivity contribution is 5.94. The van der Waals surface area contributed by atoms with Crippen molar-refractivity contribution >= 4 is 5.91 Å². The Morgan fingerprint density at radius 3 is 2.87 bits per heavy atom.